The van der Waals surface area contributed by atoms with Crippen LogP contribution in [-0.2, 0) is 21.6 Å². The van der Waals surface area contributed by atoms with Gasteiger partial charge >= 0.3 is 5.97 Å². The SMILES string of the molecule is CCCCn1c(C)c(C2(c3ccc(N(CC)CC)cc3OCCCOC)OC(=O)c3ccccc32)c2ccccc21. The lowest BCUT2D eigenvalue weighted by atomic mass is 9.78. The molecule has 0 aliphatic carbocycles. The molecule has 1 unspecified atom stereocenters. The molecule has 6 heteroatoms. The van der Waals surface area contributed by atoms with Crippen LogP contribution >= 0.6 is 0 Å². The summed E-state index contributed by atoms with van der Waals surface area (Å²) in [4.78, 5) is 15.9. The maximum Gasteiger partial charge on any atom is 0.340 e. The first-order valence-electron chi connectivity index (χ1n) is 14.9. The van der Waals surface area contributed by atoms with E-state index in [2.05, 4.69) is 79.6 Å². The molecule has 1 aliphatic heterocycles. The molecule has 216 valence electrons. The van der Waals surface area contributed by atoms with Gasteiger partial charge in [-0.25, -0.2) is 4.79 Å². The number of esters is 1. The summed E-state index contributed by atoms with van der Waals surface area (Å²) in [6.45, 7) is 12.4. The van der Waals surface area contributed by atoms with Crippen LogP contribution in [0.3, 0.4) is 0 Å². The lowest BCUT2D eigenvalue weighted by molar-refractivity contribution is 0.0245. The first-order valence-corrected chi connectivity index (χ1v) is 14.9. The van der Waals surface area contributed by atoms with E-state index in [1.165, 1.54) is 0 Å². The van der Waals surface area contributed by atoms with Gasteiger partial charge in [-0.2, -0.15) is 0 Å². The van der Waals surface area contributed by atoms with Gasteiger partial charge in [-0.1, -0.05) is 49.7 Å². The van der Waals surface area contributed by atoms with Crippen LogP contribution in [0.2, 0.25) is 0 Å². The van der Waals surface area contributed by atoms with Crippen LogP contribution in [-0.4, -0.2) is 43.9 Å². The minimum absolute atomic E-state index is 0.316. The Bertz CT molecular complexity index is 1520. The highest BCUT2D eigenvalue weighted by molar-refractivity contribution is 5.99. The van der Waals surface area contributed by atoms with Crippen molar-refractivity contribution in [3.8, 4) is 5.75 Å². The quantitative estimate of drug-likeness (QED) is 0.127. The Hall–Kier alpha value is -3.77. The Morgan fingerprint density at radius 1 is 0.902 bits per heavy atom. The minimum Gasteiger partial charge on any atom is -0.493 e. The summed E-state index contributed by atoms with van der Waals surface area (Å²) in [5, 5.41) is 1.09. The normalized spacial score (nSPS) is 16.2. The van der Waals surface area contributed by atoms with E-state index < -0.39 is 5.60 Å². The number of rotatable bonds is 13. The average molecular weight is 555 g/mol. The van der Waals surface area contributed by atoms with E-state index in [1.807, 2.05) is 24.3 Å². The third-order valence-corrected chi connectivity index (χ3v) is 8.31. The zero-order valence-electron chi connectivity index (χ0n) is 25.0. The van der Waals surface area contributed by atoms with Gasteiger partial charge < -0.3 is 23.7 Å². The van der Waals surface area contributed by atoms with Crippen LogP contribution in [0.4, 0.5) is 5.69 Å². The molecular weight excluding hydrogens is 512 g/mol. The summed E-state index contributed by atoms with van der Waals surface area (Å²) in [6, 6.07) is 22.6. The van der Waals surface area contributed by atoms with E-state index in [4.69, 9.17) is 14.2 Å². The van der Waals surface area contributed by atoms with E-state index in [9.17, 15) is 4.79 Å². The van der Waals surface area contributed by atoms with Crippen molar-refractivity contribution in [2.45, 2.75) is 59.1 Å². The largest absolute Gasteiger partial charge is 0.493 e. The Morgan fingerprint density at radius 2 is 1.66 bits per heavy atom. The molecule has 0 saturated carbocycles. The van der Waals surface area contributed by atoms with Gasteiger partial charge in [0.05, 0.1) is 12.2 Å². The summed E-state index contributed by atoms with van der Waals surface area (Å²) in [6.07, 6.45) is 2.91. The zero-order valence-corrected chi connectivity index (χ0v) is 25.0. The fourth-order valence-corrected chi connectivity index (χ4v) is 6.31. The van der Waals surface area contributed by atoms with Gasteiger partial charge in [0.1, 0.15) is 5.75 Å². The number of cyclic esters (lactones) is 1. The van der Waals surface area contributed by atoms with Crippen LogP contribution in [0.15, 0.2) is 66.7 Å². The molecular formula is C35H42N2O4. The molecule has 0 bridgehead atoms. The van der Waals surface area contributed by atoms with Crippen LogP contribution in [0, 0.1) is 6.92 Å². The molecule has 1 atom stereocenters. The van der Waals surface area contributed by atoms with Gasteiger partial charge in [0, 0.05) is 84.8 Å². The number of unbranched alkanes of at least 4 members (excludes halogenated alkanes) is 1. The number of carbonyl (C=O) groups is 1. The fraction of sp³-hybridized carbons (Fsp3) is 0.400. The van der Waals surface area contributed by atoms with Gasteiger partial charge in [0.2, 0.25) is 0 Å². The number of para-hydroxylation sites is 1. The van der Waals surface area contributed by atoms with Gasteiger partial charge in [-0.05, 0) is 51.5 Å². The van der Waals surface area contributed by atoms with E-state index >= 15 is 0 Å². The second-order valence-corrected chi connectivity index (χ2v) is 10.6. The number of ether oxygens (including phenoxy) is 3. The van der Waals surface area contributed by atoms with E-state index in [0.29, 0.717) is 18.8 Å². The lowest BCUT2D eigenvalue weighted by Crippen LogP contribution is -2.31. The molecule has 3 aromatic carbocycles. The molecule has 6 nitrogen and oxygen atoms in total. The van der Waals surface area contributed by atoms with Crippen LogP contribution in [0.25, 0.3) is 10.9 Å². The number of methoxy groups -OCH3 is 1. The van der Waals surface area contributed by atoms with Crippen molar-refractivity contribution < 1.29 is 19.0 Å². The smallest absolute Gasteiger partial charge is 0.340 e. The summed E-state index contributed by atoms with van der Waals surface area (Å²) in [5.74, 6) is 0.406. The monoisotopic (exact) mass is 554 g/mol. The Labute approximate surface area is 243 Å². The highest BCUT2D eigenvalue weighted by Gasteiger charge is 2.52. The zero-order chi connectivity index (χ0) is 29.0. The summed E-state index contributed by atoms with van der Waals surface area (Å²) < 4.78 is 20.9. The first kappa shape index (κ1) is 28.7. The topological polar surface area (TPSA) is 52.9 Å². The van der Waals surface area contributed by atoms with Crippen LogP contribution in [0.5, 0.6) is 5.75 Å². The number of nitrogens with zero attached hydrogens (tertiary/aromatic N) is 2. The van der Waals surface area contributed by atoms with E-state index in [1.54, 1.807) is 7.11 Å². The molecule has 0 fully saturated rings. The molecule has 41 heavy (non-hydrogen) atoms. The summed E-state index contributed by atoms with van der Waals surface area (Å²) in [5.41, 5.74) is 5.45. The van der Waals surface area contributed by atoms with E-state index in [0.717, 1.165) is 83.6 Å². The van der Waals surface area contributed by atoms with Crippen molar-refractivity contribution in [1.82, 2.24) is 4.57 Å². The molecule has 0 N–H and O–H groups in total. The number of anilines is 1. The number of hydrogen-bond donors (Lipinski definition) is 0. The Balaban J connectivity index is 1.82. The molecule has 2 heterocycles. The van der Waals surface area contributed by atoms with Crippen molar-refractivity contribution in [1.29, 1.82) is 0 Å². The number of fused-ring (bicyclic) bond motifs is 2. The average Bonchev–Trinajstić information content (AvgIpc) is 3.45. The van der Waals surface area contributed by atoms with Gasteiger partial charge in [-0.3, -0.25) is 0 Å². The van der Waals surface area contributed by atoms with Gasteiger partial charge in [0.25, 0.3) is 0 Å². The van der Waals surface area contributed by atoms with Gasteiger partial charge in [-0.15, -0.1) is 0 Å². The fourth-order valence-electron chi connectivity index (χ4n) is 6.31. The standard InChI is InChI=1S/C35H42N2O4/c1-6-9-21-37-25(4)33(28-16-11-13-18-31(28)37)35(29-17-12-10-15-27(29)34(38)41-35)30-20-19-26(36(7-2)8-3)24-32(30)40-23-14-22-39-5/h10-13,15-20,24H,6-9,14,21-23H2,1-5H3. The second kappa shape index (κ2) is 12.4. The molecule has 0 spiro atoms. The highest BCUT2D eigenvalue weighted by atomic mass is 16.6. The van der Waals surface area contributed by atoms with Crippen molar-refractivity contribution in [2.75, 3.05) is 38.3 Å². The predicted molar refractivity (Wildman–Crippen MR) is 165 cm³/mol. The van der Waals surface area contributed by atoms with Gasteiger partial charge in [0.15, 0.2) is 5.60 Å². The van der Waals surface area contributed by atoms with Crippen molar-refractivity contribution in [3.63, 3.8) is 0 Å². The van der Waals surface area contributed by atoms with Crippen LogP contribution in [0.1, 0.15) is 72.8 Å². The Kier molecular flexibility index (Phi) is 8.69. The molecule has 4 aromatic rings. The summed E-state index contributed by atoms with van der Waals surface area (Å²) in [7, 11) is 1.70. The first-order chi connectivity index (χ1) is 20.0. The number of aromatic nitrogens is 1. The van der Waals surface area contributed by atoms with Crippen LogP contribution < -0.4 is 9.64 Å². The molecule has 0 amide bonds. The van der Waals surface area contributed by atoms with Crippen molar-refractivity contribution in [2.24, 2.45) is 0 Å². The maximum atomic E-state index is 13.6. The Morgan fingerprint density at radius 3 is 2.41 bits per heavy atom. The lowest BCUT2D eigenvalue weighted by Gasteiger charge is -2.33. The summed E-state index contributed by atoms with van der Waals surface area (Å²) >= 11 is 0. The molecule has 0 saturated heterocycles. The highest BCUT2D eigenvalue weighted by Crippen LogP contribution is 2.53. The van der Waals surface area contributed by atoms with Crippen molar-refractivity contribution >= 4 is 22.6 Å². The molecule has 5 rings (SSSR count). The third kappa shape index (κ3) is 4.99. The van der Waals surface area contributed by atoms with E-state index in [-0.39, 0.29) is 5.97 Å². The molecule has 1 aliphatic rings. The molecule has 1 aromatic heterocycles. The number of aryl methyl sites for hydroxylation is 1. The second-order valence-electron chi connectivity index (χ2n) is 10.6. The van der Waals surface area contributed by atoms with Crippen molar-refractivity contribution in [3.05, 3.63) is 94.7 Å². The number of carbonyl (C=O) groups excluding carboxylic acids is 1. The number of benzene rings is 3. The third-order valence-electron chi connectivity index (χ3n) is 8.31. The minimum atomic E-state index is -1.16. The predicted octanol–water partition coefficient (Wildman–Crippen LogP) is 7.47. The maximum absolute atomic E-state index is 13.6. The number of hydrogen-bond acceptors (Lipinski definition) is 5. The molecule has 0 radical (unpaired) electrons.